The van der Waals surface area contributed by atoms with Crippen molar-refractivity contribution >= 4 is 33.2 Å². The fraction of sp³-hybridized carbons (Fsp3) is 0.692. The minimum absolute atomic E-state index is 0.0324. The van der Waals surface area contributed by atoms with E-state index < -0.39 is 39.2 Å². The van der Waals surface area contributed by atoms with Crippen molar-refractivity contribution in [3.05, 3.63) is 0 Å². The van der Waals surface area contributed by atoms with Gasteiger partial charge >= 0.3 is 13.8 Å². The highest BCUT2D eigenvalue weighted by Crippen LogP contribution is 2.48. The first-order valence-corrected chi connectivity index (χ1v) is 8.94. The molecule has 0 aliphatic carbocycles. The third kappa shape index (κ3) is 12.0. The number of carbonyl (C=O) groups is 4. The first-order valence-electron chi connectivity index (χ1n) is 7.48. The maximum absolute atomic E-state index is 12.3. The van der Waals surface area contributed by atoms with Crippen LogP contribution in [0.2, 0.25) is 0 Å². The second-order valence-corrected chi connectivity index (χ2v) is 6.36. The van der Waals surface area contributed by atoms with Crippen LogP contribution in [-0.4, -0.2) is 77.7 Å². The predicted molar refractivity (Wildman–Crippen MR) is 85.0 cm³/mol. The van der Waals surface area contributed by atoms with Crippen LogP contribution in [0.4, 0.5) is 0 Å². The third-order valence-electron chi connectivity index (χ3n) is 2.69. The van der Waals surface area contributed by atoms with Crippen LogP contribution in [-0.2, 0) is 56.3 Å². The summed E-state index contributed by atoms with van der Waals surface area (Å²) in [6.07, 6.45) is -2.18. The van der Waals surface area contributed by atoms with Gasteiger partial charge in [0.05, 0.1) is 19.6 Å². The lowest BCUT2D eigenvalue weighted by atomic mass is 10.4. The Hall–Kier alpha value is -2.05. The van der Waals surface area contributed by atoms with Gasteiger partial charge in [-0.2, -0.15) is 0 Å². The van der Waals surface area contributed by atoms with Crippen LogP contribution in [0.5, 0.6) is 0 Å². The van der Waals surface area contributed by atoms with Crippen molar-refractivity contribution in [1.82, 2.24) is 0 Å². The van der Waals surface area contributed by atoms with Crippen LogP contribution >= 0.6 is 7.82 Å². The van der Waals surface area contributed by atoms with Crippen molar-refractivity contribution < 1.29 is 56.3 Å². The van der Waals surface area contributed by atoms with Gasteiger partial charge in [-0.3, -0.25) is 32.7 Å². The van der Waals surface area contributed by atoms with Crippen LogP contribution in [0.25, 0.3) is 0 Å². The molecule has 0 spiro atoms. The first kappa shape index (κ1) is 24.9. The number of nitrogens with two attached hydrogens (primary N) is 1. The molecule has 0 fully saturated rings. The zero-order valence-electron chi connectivity index (χ0n) is 14.6. The van der Waals surface area contributed by atoms with Crippen molar-refractivity contribution in [2.45, 2.75) is 18.6 Å². The third-order valence-corrected chi connectivity index (χ3v) is 4.06. The van der Waals surface area contributed by atoms with Crippen molar-refractivity contribution in [1.29, 1.82) is 0 Å². The molecule has 0 bridgehead atoms. The van der Waals surface area contributed by atoms with Gasteiger partial charge in [0.1, 0.15) is 13.2 Å². The number of hydrogen-bond donors (Lipinski definition) is 1. The number of ether oxygens (including phenoxy) is 4. The van der Waals surface area contributed by atoms with E-state index in [1.54, 1.807) is 0 Å². The van der Waals surface area contributed by atoms with E-state index >= 15 is 0 Å². The highest BCUT2D eigenvalue weighted by Gasteiger charge is 2.29. The second-order valence-electron chi connectivity index (χ2n) is 4.58. The van der Waals surface area contributed by atoms with Gasteiger partial charge < -0.3 is 24.7 Å². The number of hydrogen-bond acceptors (Lipinski definition) is 13. The average Bonchev–Trinajstić information content (AvgIpc) is 2.66. The Balaban J connectivity index is 4.61. The number of carbonyl (C=O) groups excluding carboxylic acids is 4. The van der Waals surface area contributed by atoms with E-state index in [1.807, 2.05) is 0 Å². The summed E-state index contributed by atoms with van der Waals surface area (Å²) in [5, 5.41) is 0. The van der Waals surface area contributed by atoms with Gasteiger partial charge in [-0.15, -0.1) is 0 Å². The monoisotopic (exact) mass is 415 g/mol. The van der Waals surface area contributed by atoms with E-state index in [0.29, 0.717) is 0 Å². The van der Waals surface area contributed by atoms with E-state index in [1.165, 1.54) is 0 Å². The minimum atomic E-state index is -4.14. The molecule has 0 aromatic carbocycles. The molecule has 0 aliphatic rings. The normalized spacial score (nSPS) is 14.9. The van der Waals surface area contributed by atoms with E-state index in [0.717, 1.165) is 7.11 Å². The smallest absolute Gasteiger partial charge is 0.464 e. The Labute approximate surface area is 154 Å². The molecule has 0 saturated heterocycles. The van der Waals surface area contributed by atoms with Gasteiger partial charge in [0, 0.05) is 13.7 Å². The molecule has 0 aromatic heterocycles. The summed E-state index contributed by atoms with van der Waals surface area (Å²) in [5.74, 6) is -0.618. The number of phosphoric acid groups is 1. The lowest BCUT2D eigenvalue weighted by Crippen LogP contribution is -2.28. The van der Waals surface area contributed by atoms with Crippen LogP contribution in [0.15, 0.2) is 0 Å². The molecule has 3 atom stereocenters. The number of esters is 1. The maximum atomic E-state index is 12.3. The Kier molecular flexibility index (Phi) is 13.9. The maximum Gasteiger partial charge on any atom is 0.474 e. The van der Waals surface area contributed by atoms with Crippen LogP contribution in [0, 0.1) is 0 Å². The van der Waals surface area contributed by atoms with Crippen molar-refractivity contribution in [2.24, 2.45) is 5.73 Å². The highest BCUT2D eigenvalue weighted by molar-refractivity contribution is 7.48. The predicted octanol–water partition coefficient (Wildman–Crippen LogP) is -1.08. The molecule has 156 valence electrons. The van der Waals surface area contributed by atoms with Crippen molar-refractivity contribution in [3.63, 3.8) is 0 Å². The zero-order valence-corrected chi connectivity index (χ0v) is 15.4. The fourth-order valence-electron chi connectivity index (χ4n) is 1.42. The van der Waals surface area contributed by atoms with Gasteiger partial charge in [0.15, 0.2) is 12.2 Å². The SMILES string of the molecule is COP(=O)(OCC(COC=O)OC=O)OCC(COC(=O)CCN)OC=O. The summed E-state index contributed by atoms with van der Waals surface area (Å²) >= 11 is 0. The molecular weight excluding hydrogens is 393 g/mol. The highest BCUT2D eigenvalue weighted by atomic mass is 31.2. The van der Waals surface area contributed by atoms with Gasteiger partial charge in [-0.25, -0.2) is 4.57 Å². The molecule has 0 amide bonds. The van der Waals surface area contributed by atoms with Crippen molar-refractivity contribution in [3.8, 4) is 0 Å². The fourth-order valence-corrected chi connectivity index (χ4v) is 2.41. The molecule has 0 aromatic rings. The summed E-state index contributed by atoms with van der Waals surface area (Å²) in [6, 6.07) is 0. The summed E-state index contributed by atoms with van der Waals surface area (Å²) < 4.78 is 45.4. The van der Waals surface area contributed by atoms with E-state index in [2.05, 4.69) is 18.7 Å². The molecule has 0 saturated carbocycles. The molecule has 0 radical (unpaired) electrons. The van der Waals surface area contributed by atoms with Crippen LogP contribution in [0.3, 0.4) is 0 Å². The lowest BCUT2D eigenvalue weighted by molar-refractivity contribution is -0.153. The lowest BCUT2D eigenvalue weighted by Gasteiger charge is -2.21. The molecule has 13 nitrogen and oxygen atoms in total. The Morgan fingerprint density at radius 1 is 0.963 bits per heavy atom. The zero-order chi connectivity index (χ0) is 20.5. The number of phosphoric ester groups is 1. The Morgan fingerprint density at radius 2 is 1.52 bits per heavy atom. The largest absolute Gasteiger partial charge is 0.474 e. The molecule has 0 aliphatic heterocycles. The molecule has 27 heavy (non-hydrogen) atoms. The Bertz CT molecular complexity index is 502. The average molecular weight is 415 g/mol. The van der Waals surface area contributed by atoms with Crippen LogP contribution < -0.4 is 5.73 Å². The van der Waals surface area contributed by atoms with Crippen LogP contribution in [0.1, 0.15) is 6.42 Å². The summed E-state index contributed by atoms with van der Waals surface area (Å²) in [7, 11) is -3.12. The van der Waals surface area contributed by atoms with Gasteiger partial charge in [0.25, 0.3) is 19.4 Å². The second kappa shape index (κ2) is 15.1. The molecule has 3 unspecified atom stereocenters. The van der Waals surface area contributed by atoms with E-state index in [-0.39, 0.29) is 45.6 Å². The summed E-state index contributed by atoms with van der Waals surface area (Å²) in [6.45, 7) is -1.31. The molecule has 0 heterocycles. The quantitative estimate of drug-likeness (QED) is 0.124. The van der Waals surface area contributed by atoms with Gasteiger partial charge in [-0.05, 0) is 0 Å². The molecule has 0 rings (SSSR count). The Morgan fingerprint density at radius 3 is 1.96 bits per heavy atom. The van der Waals surface area contributed by atoms with E-state index in [4.69, 9.17) is 19.5 Å². The van der Waals surface area contributed by atoms with Gasteiger partial charge in [0.2, 0.25) is 0 Å². The number of rotatable bonds is 18. The topological polar surface area (TPSA) is 176 Å². The van der Waals surface area contributed by atoms with E-state index in [9.17, 15) is 23.7 Å². The summed E-state index contributed by atoms with van der Waals surface area (Å²) in [4.78, 5) is 42.3. The summed E-state index contributed by atoms with van der Waals surface area (Å²) in [5.41, 5.74) is 5.19. The standard InChI is InChI=1S/C13H22NO12P/c1-20-27(19,25-6-11(23-9-16)4-21-8-15)26-7-12(24-10-17)5-22-13(18)2-3-14/h8-12H,2-7,14H2,1H3. The molecule has 14 heteroatoms. The first-order chi connectivity index (χ1) is 12.9. The minimum Gasteiger partial charge on any atom is -0.464 e. The van der Waals surface area contributed by atoms with Crippen molar-refractivity contribution in [2.75, 3.05) is 40.1 Å². The molecule has 2 N–H and O–H groups in total. The van der Waals surface area contributed by atoms with Gasteiger partial charge in [-0.1, -0.05) is 0 Å². The molecular formula is C13H22NO12P.